The van der Waals surface area contributed by atoms with Gasteiger partial charge in [0.1, 0.15) is 12.4 Å². The number of nitrogens with one attached hydrogen (secondary N) is 2. The summed E-state index contributed by atoms with van der Waals surface area (Å²) in [6, 6.07) is 10.7. The Balaban J connectivity index is 1.15. The van der Waals surface area contributed by atoms with Gasteiger partial charge in [0.05, 0.1) is 23.3 Å². The molecule has 7 nitrogen and oxygen atoms in total. The van der Waals surface area contributed by atoms with Crippen LogP contribution in [-0.2, 0) is 15.7 Å². The molecule has 0 radical (unpaired) electrons. The number of amides is 1. The van der Waals surface area contributed by atoms with Crippen molar-refractivity contribution in [1.29, 1.82) is 5.26 Å². The highest BCUT2D eigenvalue weighted by atomic mass is 19.4. The standard InChI is InChI=1S/C28H30F6N4O3/c29-27(30,31)25-15-22(2-1-18(25)16-35)37-20-3-7-23(8-4-20)40-17-26(39)38-13-11-21(12-14-38)36-19-5-9-24(10-6-19)41-28(32,33)34/h1-2,5-6,9-10,15,20-21,23,36-37H,3-4,7-8,11-14,17H2. The van der Waals surface area contributed by atoms with E-state index in [1.54, 1.807) is 11.0 Å². The average molecular weight is 585 g/mol. The van der Waals surface area contributed by atoms with Crippen molar-refractivity contribution >= 4 is 17.3 Å². The van der Waals surface area contributed by atoms with Gasteiger partial charge >= 0.3 is 12.5 Å². The molecule has 0 aromatic heterocycles. The van der Waals surface area contributed by atoms with Crippen molar-refractivity contribution in [3.8, 4) is 11.8 Å². The molecule has 222 valence electrons. The normalized spacial score (nSPS) is 20.3. The molecule has 2 aliphatic rings. The van der Waals surface area contributed by atoms with E-state index in [1.807, 2.05) is 0 Å². The van der Waals surface area contributed by atoms with Gasteiger partial charge in [0, 0.05) is 36.5 Å². The van der Waals surface area contributed by atoms with Crippen LogP contribution in [0.25, 0.3) is 0 Å². The summed E-state index contributed by atoms with van der Waals surface area (Å²) in [6.45, 7) is 0.999. The highest BCUT2D eigenvalue weighted by Crippen LogP contribution is 2.34. The lowest BCUT2D eigenvalue weighted by molar-refractivity contribution is -0.274. The minimum atomic E-state index is -4.74. The molecule has 0 unspecified atom stereocenters. The molecule has 1 aliphatic heterocycles. The van der Waals surface area contributed by atoms with Crippen molar-refractivity contribution in [3.05, 3.63) is 53.6 Å². The average Bonchev–Trinajstić information content (AvgIpc) is 2.93. The Morgan fingerprint density at radius 2 is 1.46 bits per heavy atom. The number of alkyl halides is 6. The lowest BCUT2D eigenvalue weighted by Gasteiger charge is -2.34. The van der Waals surface area contributed by atoms with Crippen LogP contribution in [0.15, 0.2) is 42.5 Å². The van der Waals surface area contributed by atoms with Gasteiger partial charge in [-0.2, -0.15) is 18.4 Å². The van der Waals surface area contributed by atoms with E-state index in [9.17, 15) is 31.1 Å². The number of piperidine rings is 1. The largest absolute Gasteiger partial charge is 0.573 e. The van der Waals surface area contributed by atoms with Crippen LogP contribution >= 0.6 is 0 Å². The molecular weight excluding hydrogens is 554 g/mol. The molecule has 0 spiro atoms. The molecule has 2 N–H and O–H groups in total. The predicted octanol–water partition coefficient (Wildman–Crippen LogP) is 6.32. The Hall–Kier alpha value is -3.66. The Morgan fingerprint density at radius 3 is 2.05 bits per heavy atom. The predicted molar refractivity (Wildman–Crippen MR) is 138 cm³/mol. The zero-order valence-corrected chi connectivity index (χ0v) is 22.0. The van der Waals surface area contributed by atoms with Crippen LogP contribution in [0.5, 0.6) is 5.75 Å². The number of anilines is 2. The molecule has 1 aliphatic carbocycles. The van der Waals surface area contributed by atoms with E-state index in [0.29, 0.717) is 63.0 Å². The van der Waals surface area contributed by atoms with Crippen LogP contribution in [0.3, 0.4) is 0 Å². The molecule has 1 saturated carbocycles. The van der Waals surface area contributed by atoms with Crippen molar-refractivity contribution in [2.24, 2.45) is 0 Å². The summed E-state index contributed by atoms with van der Waals surface area (Å²) < 4.78 is 86.3. The number of ether oxygens (including phenoxy) is 2. The SMILES string of the molecule is N#Cc1ccc(NC2CCC(OCC(=O)N3CCC(Nc4ccc(OC(F)(F)F)cc4)CC3)CC2)cc1C(F)(F)F. The number of benzene rings is 2. The summed E-state index contributed by atoms with van der Waals surface area (Å²) in [7, 11) is 0. The number of likely N-dealkylation sites (tertiary alicyclic amines) is 1. The van der Waals surface area contributed by atoms with Crippen molar-refractivity contribution in [2.45, 2.75) is 69.3 Å². The fourth-order valence-corrected chi connectivity index (χ4v) is 5.12. The monoisotopic (exact) mass is 584 g/mol. The summed E-state index contributed by atoms with van der Waals surface area (Å²) in [5.74, 6) is -0.409. The van der Waals surface area contributed by atoms with Crippen molar-refractivity contribution in [3.63, 3.8) is 0 Å². The lowest BCUT2D eigenvalue weighted by atomic mass is 9.92. The van der Waals surface area contributed by atoms with E-state index < -0.39 is 23.7 Å². The van der Waals surface area contributed by atoms with Gasteiger partial charge in [-0.05, 0) is 81.0 Å². The summed E-state index contributed by atoms with van der Waals surface area (Å²) in [5, 5.41) is 15.3. The first kappa shape index (κ1) is 30.3. The molecule has 4 rings (SSSR count). The highest BCUT2D eigenvalue weighted by Gasteiger charge is 2.34. The van der Waals surface area contributed by atoms with Crippen LogP contribution in [0.4, 0.5) is 37.7 Å². The third kappa shape index (κ3) is 8.91. The van der Waals surface area contributed by atoms with E-state index in [1.165, 1.54) is 36.4 Å². The first-order chi connectivity index (χ1) is 19.4. The lowest BCUT2D eigenvalue weighted by Crippen LogP contribution is -2.44. The Labute approximate surface area is 233 Å². The summed E-state index contributed by atoms with van der Waals surface area (Å²) in [4.78, 5) is 14.4. The quantitative estimate of drug-likeness (QED) is 0.354. The van der Waals surface area contributed by atoms with Gasteiger partial charge in [-0.25, -0.2) is 0 Å². The first-order valence-corrected chi connectivity index (χ1v) is 13.3. The van der Waals surface area contributed by atoms with Gasteiger partial charge in [-0.1, -0.05) is 0 Å². The van der Waals surface area contributed by atoms with Gasteiger partial charge in [-0.3, -0.25) is 4.79 Å². The van der Waals surface area contributed by atoms with Gasteiger partial charge in [0.15, 0.2) is 0 Å². The van der Waals surface area contributed by atoms with E-state index in [2.05, 4.69) is 15.4 Å². The van der Waals surface area contributed by atoms with E-state index >= 15 is 0 Å². The maximum Gasteiger partial charge on any atom is 0.573 e. The second kappa shape index (κ2) is 12.9. The fourth-order valence-electron chi connectivity index (χ4n) is 5.12. The Kier molecular flexibility index (Phi) is 9.53. The van der Waals surface area contributed by atoms with Crippen molar-refractivity contribution in [2.75, 3.05) is 30.3 Å². The number of carbonyl (C=O) groups is 1. The zero-order chi connectivity index (χ0) is 29.6. The van der Waals surface area contributed by atoms with Crippen LogP contribution in [0.2, 0.25) is 0 Å². The fraction of sp³-hybridized carbons (Fsp3) is 0.500. The van der Waals surface area contributed by atoms with Gasteiger partial charge < -0.3 is 25.0 Å². The molecular formula is C28H30F6N4O3. The molecule has 1 amide bonds. The molecule has 1 heterocycles. The maximum absolute atomic E-state index is 13.2. The molecule has 0 bridgehead atoms. The Bertz CT molecular complexity index is 1210. The number of halogens is 6. The molecule has 2 aromatic rings. The smallest absolute Gasteiger partial charge is 0.406 e. The second-order valence-corrected chi connectivity index (χ2v) is 10.2. The number of hydrogen-bond acceptors (Lipinski definition) is 6. The van der Waals surface area contributed by atoms with Crippen molar-refractivity contribution < 1.29 is 40.6 Å². The van der Waals surface area contributed by atoms with Crippen LogP contribution in [0, 0.1) is 11.3 Å². The molecule has 13 heteroatoms. The number of hydrogen-bond donors (Lipinski definition) is 2. The topological polar surface area (TPSA) is 86.6 Å². The highest BCUT2D eigenvalue weighted by molar-refractivity contribution is 5.77. The summed E-state index contributed by atoms with van der Waals surface area (Å²) in [6.07, 6.45) is -5.47. The van der Waals surface area contributed by atoms with E-state index in [4.69, 9.17) is 10.00 Å². The zero-order valence-electron chi connectivity index (χ0n) is 22.0. The maximum atomic E-state index is 13.2. The van der Waals surface area contributed by atoms with Crippen molar-refractivity contribution in [1.82, 2.24) is 4.90 Å². The second-order valence-electron chi connectivity index (χ2n) is 10.2. The van der Waals surface area contributed by atoms with Crippen LogP contribution < -0.4 is 15.4 Å². The van der Waals surface area contributed by atoms with Gasteiger partial charge in [-0.15, -0.1) is 13.2 Å². The number of nitriles is 1. The number of nitrogens with zero attached hydrogens (tertiary/aromatic N) is 2. The molecule has 1 saturated heterocycles. The van der Waals surface area contributed by atoms with Crippen LogP contribution in [0.1, 0.15) is 49.7 Å². The molecule has 41 heavy (non-hydrogen) atoms. The molecule has 2 fully saturated rings. The minimum absolute atomic E-state index is 0.0422. The molecule has 0 atom stereocenters. The summed E-state index contributed by atoms with van der Waals surface area (Å²) in [5.41, 5.74) is -0.411. The third-order valence-electron chi connectivity index (χ3n) is 7.24. The van der Waals surface area contributed by atoms with Gasteiger partial charge in [0.25, 0.3) is 0 Å². The third-order valence-corrected chi connectivity index (χ3v) is 7.24. The number of rotatable bonds is 8. The van der Waals surface area contributed by atoms with E-state index in [0.717, 1.165) is 6.07 Å². The molecule has 2 aromatic carbocycles. The van der Waals surface area contributed by atoms with Gasteiger partial charge in [0.2, 0.25) is 5.91 Å². The number of carbonyl (C=O) groups excluding carboxylic acids is 1. The van der Waals surface area contributed by atoms with E-state index in [-0.39, 0.29) is 36.5 Å². The minimum Gasteiger partial charge on any atom is -0.406 e. The first-order valence-electron chi connectivity index (χ1n) is 13.3. The van der Waals surface area contributed by atoms with Crippen LogP contribution in [-0.4, -0.2) is 55.1 Å². The summed E-state index contributed by atoms with van der Waals surface area (Å²) >= 11 is 0. The Morgan fingerprint density at radius 1 is 0.878 bits per heavy atom.